The Morgan fingerprint density at radius 3 is 2.29 bits per heavy atom. The van der Waals surface area contributed by atoms with E-state index in [-0.39, 0.29) is 12.5 Å². The first kappa shape index (κ1) is 16.7. The largest absolute Gasteiger partial charge is 0.282 e. The molecule has 120 valence electrons. The Bertz CT molecular complexity index is 462. The molecule has 6 heteroatoms. The molecule has 0 aromatic heterocycles. The summed E-state index contributed by atoms with van der Waals surface area (Å²) in [4.78, 5) is 0. The van der Waals surface area contributed by atoms with Crippen molar-refractivity contribution in [2.45, 2.75) is 63.8 Å². The molecule has 2 rings (SSSR count). The maximum atomic E-state index is 12.9. The fourth-order valence-corrected chi connectivity index (χ4v) is 4.93. The number of nitrogens with zero attached hydrogens (tertiary/aromatic N) is 3. The van der Waals surface area contributed by atoms with Gasteiger partial charge in [-0.05, 0) is 31.6 Å². The van der Waals surface area contributed by atoms with Crippen LogP contribution >= 0.6 is 0 Å². The van der Waals surface area contributed by atoms with Gasteiger partial charge in [-0.15, -0.1) is 0 Å². The van der Waals surface area contributed by atoms with Crippen LogP contribution in [0.4, 0.5) is 0 Å². The molecule has 0 amide bonds. The van der Waals surface area contributed by atoms with Gasteiger partial charge in [-0.3, -0.25) is 0 Å². The average molecular weight is 313 g/mol. The second-order valence-electron chi connectivity index (χ2n) is 6.38. The van der Waals surface area contributed by atoms with Crippen molar-refractivity contribution < 1.29 is 8.42 Å². The van der Waals surface area contributed by atoms with Crippen LogP contribution < -0.4 is 0 Å². The minimum Gasteiger partial charge on any atom is -0.198 e. The third-order valence-electron chi connectivity index (χ3n) is 4.94. The van der Waals surface area contributed by atoms with Gasteiger partial charge >= 0.3 is 0 Å². The summed E-state index contributed by atoms with van der Waals surface area (Å²) in [7, 11) is -1.71. The predicted octanol–water partition coefficient (Wildman–Crippen LogP) is 2.51. The lowest BCUT2D eigenvalue weighted by Crippen LogP contribution is -2.49. The molecule has 0 atom stereocenters. The molecule has 0 radical (unpaired) electrons. The van der Waals surface area contributed by atoms with E-state index in [1.807, 2.05) is 0 Å². The van der Waals surface area contributed by atoms with E-state index in [0.29, 0.717) is 19.0 Å². The zero-order valence-corrected chi connectivity index (χ0v) is 13.8. The minimum absolute atomic E-state index is 0.134. The van der Waals surface area contributed by atoms with E-state index < -0.39 is 10.2 Å². The maximum Gasteiger partial charge on any atom is 0.282 e. The van der Waals surface area contributed by atoms with Crippen molar-refractivity contribution in [3.05, 3.63) is 0 Å². The monoisotopic (exact) mass is 313 g/mol. The summed E-state index contributed by atoms with van der Waals surface area (Å²) < 4.78 is 28.8. The second kappa shape index (κ2) is 7.57. The molecule has 0 aromatic carbocycles. The highest BCUT2D eigenvalue weighted by atomic mass is 32.2. The summed E-state index contributed by atoms with van der Waals surface area (Å²) in [5, 5.41) is 8.79. The van der Waals surface area contributed by atoms with Gasteiger partial charge in [0.1, 0.15) is 0 Å². The number of hydrogen-bond donors (Lipinski definition) is 0. The molecule has 0 bridgehead atoms. The average Bonchev–Trinajstić information content (AvgIpc) is 2.45. The van der Waals surface area contributed by atoms with Gasteiger partial charge in [0.2, 0.25) is 0 Å². The van der Waals surface area contributed by atoms with Crippen LogP contribution in [0, 0.1) is 17.2 Å². The standard InChI is InChI=1S/C15H27N3O2S/c1-17(15-9-3-2-4-10-15)21(19,20)18(12-6-11-16)13-14-7-5-8-14/h14-15H,2-10,12-13H2,1H3. The molecule has 0 N–H and O–H groups in total. The molecule has 2 aliphatic carbocycles. The Hall–Kier alpha value is -0.640. The van der Waals surface area contributed by atoms with Gasteiger partial charge in [-0.25, -0.2) is 0 Å². The van der Waals surface area contributed by atoms with Crippen LogP contribution in [0.1, 0.15) is 57.8 Å². The third-order valence-corrected chi connectivity index (χ3v) is 6.95. The highest BCUT2D eigenvalue weighted by molar-refractivity contribution is 7.86. The fourth-order valence-electron chi connectivity index (χ4n) is 3.25. The molecular formula is C15H27N3O2S. The summed E-state index contributed by atoms with van der Waals surface area (Å²) in [6.45, 7) is 0.910. The lowest BCUT2D eigenvalue weighted by Gasteiger charge is -2.37. The molecule has 0 aromatic rings. The first-order valence-electron chi connectivity index (χ1n) is 8.15. The number of nitriles is 1. The zero-order valence-electron chi connectivity index (χ0n) is 13.0. The van der Waals surface area contributed by atoms with Crippen molar-refractivity contribution in [1.29, 1.82) is 5.26 Å². The maximum absolute atomic E-state index is 12.9. The van der Waals surface area contributed by atoms with Crippen LogP contribution in [0.2, 0.25) is 0 Å². The molecule has 2 fully saturated rings. The van der Waals surface area contributed by atoms with Crippen molar-refractivity contribution in [3.8, 4) is 6.07 Å². The van der Waals surface area contributed by atoms with Crippen molar-refractivity contribution in [1.82, 2.24) is 8.61 Å². The van der Waals surface area contributed by atoms with Crippen molar-refractivity contribution in [3.63, 3.8) is 0 Å². The highest BCUT2D eigenvalue weighted by Gasteiger charge is 2.34. The van der Waals surface area contributed by atoms with E-state index in [1.54, 1.807) is 15.7 Å². The van der Waals surface area contributed by atoms with Gasteiger partial charge in [0, 0.05) is 32.6 Å². The Labute approximate surface area is 129 Å². The molecule has 5 nitrogen and oxygen atoms in total. The van der Waals surface area contributed by atoms with Crippen LogP contribution in [0.25, 0.3) is 0 Å². The molecule has 0 saturated heterocycles. The fraction of sp³-hybridized carbons (Fsp3) is 0.933. The molecule has 2 aliphatic rings. The van der Waals surface area contributed by atoms with Crippen molar-refractivity contribution in [2.24, 2.45) is 5.92 Å². The second-order valence-corrected chi connectivity index (χ2v) is 8.37. The summed E-state index contributed by atoms with van der Waals surface area (Å²) in [5.41, 5.74) is 0. The first-order chi connectivity index (χ1) is 10.1. The smallest absolute Gasteiger partial charge is 0.198 e. The van der Waals surface area contributed by atoms with Crippen LogP contribution in [-0.4, -0.2) is 43.2 Å². The van der Waals surface area contributed by atoms with Gasteiger partial charge in [0.05, 0.1) is 6.07 Å². The van der Waals surface area contributed by atoms with Gasteiger partial charge in [-0.1, -0.05) is 25.7 Å². The third kappa shape index (κ3) is 4.18. The Morgan fingerprint density at radius 1 is 1.10 bits per heavy atom. The molecule has 0 aliphatic heterocycles. The molecular weight excluding hydrogens is 286 g/mol. The zero-order chi connectivity index (χ0) is 15.3. The van der Waals surface area contributed by atoms with E-state index in [1.165, 1.54) is 12.8 Å². The summed E-state index contributed by atoms with van der Waals surface area (Å²) in [6, 6.07) is 2.21. The minimum atomic E-state index is -3.43. The summed E-state index contributed by atoms with van der Waals surface area (Å²) in [5.74, 6) is 0.484. The van der Waals surface area contributed by atoms with Gasteiger partial charge in [0.15, 0.2) is 0 Å². The van der Waals surface area contributed by atoms with E-state index in [4.69, 9.17) is 5.26 Å². The quantitative estimate of drug-likeness (QED) is 0.725. The lowest BCUT2D eigenvalue weighted by atomic mass is 9.85. The van der Waals surface area contributed by atoms with Crippen LogP contribution in [0.15, 0.2) is 0 Å². The molecule has 0 heterocycles. The van der Waals surface area contributed by atoms with Crippen molar-refractivity contribution >= 4 is 10.2 Å². The summed E-state index contributed by atoms with van der Waals surface area (Å²) >= 11 is 0. The predicted molar refractivity (Wildman–Crippen MR) is 82.7 cm³/mol. The van der Waals surface area contributed by atoms with Crippen LogP contribution in [-0.2, 0) is 10.2 Å². The Kier molecular flexibility index (Phi) is 6.03. The van der Waals surface area contributed by atoms with E-state index in [9.17, 15) is 8.42 Å². The van der Waals surface area contributed by atoms with E-state index in [0.717, 1.165) is 38.5 Å². The van der Waals surface area contributed by atoms with Crippen LogP contribution in [0.3, 0.4) is 0 Å². The van der Waals surface area contributed by atoms with Crippen LogP contribution in [0.5, 0.6) is 0 Å². The summed E-state index contributed by atoms with van der Waals surface area (Å²) in [6.07, 6.45) is 9.08. The van der Waals surface area contributed by atoms with Crippen molar-refractivity contribution in [2.75, 3.05) is 20.1 Å². The molecule has 0 spiro atoms. The van der Waals surface area contributed by atoms with E-state index >= 15 is 0 Å². The molecule has 2 saturated carbocycles. The van der Waals surface area contributed by atoms with Gasteiger partial charge in [0.25, 0.3) is 10.2 Å². The number of rotatable bonds is 7. The Morgan fingerprint density at radius 2 is 1.76 bits per heavy atom. The Balaban J connectivity index is 2.04. The molecule has 21 heavy (non-hydrogen) atoms. The number of hydrogen-bond acceptors (Lipinski definition) is 3. The molecule has 0 unspecified atom stereocenters. The normalized spacial score (nSPS) is 21.4. The van der Waals surface area contributed by atoms with Gasteiger partial charge < -0.3 is 0 Å². The first-order valence-corrected chi connectivity index (χ1v) is 9.55. The van der Waals surface area contributed by atoms with E-state index in [2.05, 4.69) is 6.07 Å². The SMILES string of the molecule is CN(C1CCCCC1)S(=O)(=O)N(CCC#N)CC1CCC1. The topological polar surface area (TPSA) is 64.4 Å². The lowest BCUT2D eigenvalue weighted by molar-refractivity contribution is 0.221. The van der Waals surface area contributed by atoms with Gasteiger partial charge in [-0.2, -0.15) is 22.3 Å². The highest BCUT2D eigenvalue weighted by Crippen LogP contribution is 2.30.